The van der Waals surface area contributed by atoms with E-state index in [9.17, 15) is 4.79 Å². The number of imidazole rings is 1. The number of aryl methyl sites for hydroxylation is 1. The van der Waals surface area contributed by atoms with Crippen LogP contribution in [-0.4, -0.2) is 25.4 Å². The minimum absolute atomic E-state index is 0.0177. The zero-order valence-electron chi connectivity index (χ0n) is 11.6. The molecule has 6 nitrogen and oxygen atoms in total. The van der Waals surface area contributed by atoms with Crippen molar-refractivity contribution in [2.24, 2.45) is 13.0 Å². The van der Waals surface area contributed by atoms with Crippen LogP contribution in [0.15, 0.2) is 37.1 Å². The van der Waals surface area contributed by atoms with Gasteiger partial charge >= 0.3 is 0 Å². The second kappa shape index (κ2) is 4.44. The molecule has 3 aromatic rings. The number of hydrogen-bond acceptors (Lipinski definition) is 3. The fraction of sp³-hybridized carbons (Fsp3) is 0.267. The Balaban J connectivity index is 1.48. The summed E-state index contributed by atoms with van der Waals surface area (Å²) in [5.41, 5.74) is 2.08. The van der Waals surface area contributed by atoms with Crippen LogP contribution in [0.3, 0.4) is 0 Å². The molecule has 3 heterocycles. The van der Waals surface area contributed by atoms with E-state index < -0.39 is 0 Å². The molecule has 1 aliphatic rings. The number of amides is 1. The standard InChI is InChI=1S/C15H15N5O/c1-20-8-16-7-13(20)10-5-11(10)15(21)19-14-4-9-2-3-17-12(9)6-18-14/h2-4,6-8,10-11,17H,5H2,1H3,(H,18,19,21)/t10-,11-/m1/s1. The molecule has 0 saturated heterocycles. The van der Waals surface area contributed by atoms with Gasteiger partial charge in [-0.05, 0) is 18.6 Å². The quantitative estimate of drug-likeness (QED) is 0.771. The molecular formula is C15H15N5O. The number of carbonyl (C=O) groups is 1. The van der Waals surface area contributed by atoms with Crippen LogP contribution in [-0.2, 0) is 11.8 Å². The van der Waals surface area contributed by atoms with E-state index in [0.717, 1.165) is 23.0 Å². The van der Waals surface area contributed by atoms with Crippen molar-refractivity contribution < 1.29 is 4.79 Å². The van der Waals surface area contributed by atoms with Crippen molar-refractivity contribution in [2.45, 2.75) is 12.3 Å². The molecule has 1 saturated carbocycles. The third-order valence-corrected chi connectivity index (χ3v) is 4.05. The number of aromatic nitrogens is 4. The van der Waals surface area contributed by atoms with Crippen LogP contribution in [0, 0.1) is 5.92 Å². The summed E-state index contributed by atoms with van der Waals surface area (Å²) in [5, 5.41) is 3.94. The number of nitrogens with one attached hydrogen (secondary N) is 2. The Morgan fingerprint density at radius 2 is 2.38 bits per heavy atom. The van der Waals surface area contributed by atoms with Gasteiger partial charge in [-0.1, -0.05) is 0 Å². The molecular weight excluding hydrogens is 266 g/mol. The molecule has 0 aromatic carbocycles. The fourth-order valence-corrected chi connectivity index (χ4v) is 2.77. The molecule has 1 fully saturated rings. The van der Waals surface area contributed by atoms with Crippen LogP contribution in [0.2, 0.25) is 0 Å². The van der Waals surface area contributed by atoms with Crippen LogP contribution >= 0.6 is 0 Å². The van der Waals surface area contributed by atoms with Crippen molar-refractivity contribution in [2.75, 3.05) is 5.32 Å². The van der Waals surface area contributed by atoms with Crippen molar-refractivity contribution in [3.63, 3.8) is 0 Å². The highest BCUT2D eigenvalue weighted by molar-refractivity contribution is 5.95. The predicted octanol–water partition coefficient (Wildman–Crippen LogP) is 2.04. The van der Waals surface area contributed by atoms with E-state index in [1.54, 1.807) is 12.5 Å². The van der Waals surface area contributed by atoms with Crippen LogP contribution in [0.4, 0.5) is 5.82 Å². The van der Waals surface area contributed by atoms with Gasteiger partial charge in [0.05, 0.1) is 18.0 Å². The molecule has 0 spiro atoms. The Labute approximate surface area is 121 Å². The summed E-state index contributed by atoms with van der Waals surface area (Å²) in [4.78, 5) is 23.7. The van der Waals surface area contributed by atoms with E-state index in [-0.39, 0.29) is 17.7 Å². The topological polar surface area (TPSA) is 75.6 Å². The maximum absolute atomic E-state index is 12.3. The van der Waals surface area contributed by atoms with E-state index in [1.807, 2.05) is 36.1 Å². The average Bonchev–Trinajstić information content (AvgIpc) is 2.92. The zero-order valence-corrected chi connectivity index (χ0v) is 11.6. The monoisotopic (exact) mass is 281 g/mol. The Bertz CT molecular complexity index is 818. The van der Waals surface area contributed by atoms with Crippen molar-refractivity contribution in [3.8, 4) is 0 Å². The number of fused-ring (bicyclic) bond motifs is 1. The maximum atomic E-state index is 12.3. The zero-order chi connectivity index (χ0) is 14.4. The molecule has 4 rings (SSSR count). The number of anilines is 1. The number of H-pyrrole nitrogens is 1. The number of pyridine rings is 1. The third-order valence-electron chi connectivity index (χ3n) is 4.05. The SMILES string of the molecule is Cn1cncc1[C@@H]1C[C@H]1C(=O)Nc1cc2cc[nH]c2cn1. The molecule has 2 N–H and O–H groups in total. The number of hydrogen-bond donors (Lipinski definition) is 2. The van der Waals surface area contributed by atoms with Crippen LogP contribution in [0.25, 0.3) is 10.9 Å². The first kappa shape index (κ1) is 12.1. The van der Waals surface area contributed by atoms with Crippen LogP contribution in [0.5, 0.6) is 0 Å². The van der Waals surface area contributed by atoms with Crippen molar-refractivity contribution in [3.05, 3.63) is 42.7 Å². The summed E-state index contributed by atoms with van der Waals surface area (Å²) in [6.07, 6.45) is 8.07. The summed E-state index contributed by atoms with van der Waals surface area (Å²) in [6.45, 7) is 0. The highest BCUT2D eigenvalue weighted by atomic mass is 16.2. The molecule has 1 aliphatic carbocycles. The molecule has 0 aliphatic heterocycles. The lowest BCUT2D eigenvalue weighted by Gasteiger charge is -2.04. The van der Waals surface area contributed by atoms with E-state index in [2.05, 4.69) is 20.3 Å². The van der Waals surface area contributed by atoms with Crippen molar-refractivity contribution in [1.29, 1.82) is 0 Å². The van der Waals surface area contributed by atoms with E-state index >= 15 is 0 Å². The number of carbonyl (C=O) groups excluding carboxylic acids is 1. The van der Waals surface area contributed by atoms with E-state index in [4.69, 9.17) is 0 Å². The second-order valence-electron chi connectivity index (χ2n) is 5.50. The van der Waals surface area contributed by atoms with Crippen molar-refractivity contribution >= 4 is 22.6 Å². The molecule has 6 heteroatoms. The molecule has 2 atom stereocenters. The molecule has 0 radical (unpaired) electrons. The average molecular weight is 281 g/mol. The van der Waals surface area contributed by atoms with Gasteiger partial charge in [-0.15, -0.1) is 0 Å². The van der Waals surface area contributed by atoms with Gasteiger partial charge < -0.3 is 14.9 Å². The minimum Gasteiger partial charge on any atom is -0.360 e. The van der Waals surface area contributed by atoms with Crippen LogP contribution < -0.4 is 5.32 Å². The normalized spacial score (nSPS) is 20.6. The molecule has 0 unspecified atom stereocenters. The minimum atomic E-state index is 0.0177. The summed E-state index contributed by atoms with van der Waals surface area (Å²) in [5.74, 6) is 0.920. The first-order valence-corrected chi connectivity index (χ1v) is 6.92. The van der Waals surface area contributed by atoms with Gasteiger partial charge in [0.2, 0.25) is 5.91 Å². The van der Waals surface area contributed by atoms with Gasteiger partial charge in [0.25, 0.3) is 0 Å². The first-order valence-electron chi connectivity index (χ1n) is 6.92. The summed E-state index contributed by atoms with van der Waals surface area (Å²) < 4.78 is 1.97. The first-order chi connectivity index (χ1) is 10.2. The molecule has 3 aromatic heterocycles. The fourth-order valence-electron chi connectivity index (χ4n) is 2.77. The lowest BCUT2D eigenvalue weighted by Crippen LogP contribution is -2.15. The lowest BCUT2D eigenvalue weighted by atomic mass is 10.2. The van der Waals surface area contributed by atoms with Gasteiger partial charge in [0.1, 0.15) is 5.82 Å². The Kier molecular flexibility index (Phi) is 2.57. The van der Waals surface area contributed by atoms with Crippen LogP contribution in [0.1, 0.15) is 18.0 Å². The maximum Gasteiger partial charge on any atom is 0.229 e. The molecule has 21 heavy (non-hydrogen) atoms. The Morgan fingerprint density at radius 3 is 3.19 bits per heavy atom. The number of rotatable bonds is 3. The van der Waals surface area contributed by atoms with E-state index in [0.29, 0.717) is 5.82 Å². The Morgan fingerprint density at radius 1 is 1.48 bits per heavy atom. The molecule has 1 amide bonds. The Hall–Kier alpha value is -2.63. The highest BCUT2D eigenvalue weighted by Gasteiger charge is 2.45. The van der Waals surface area contributed by atoms with Gasteiger partial charge in [-0.2, -0.15) is 0 Å². The predicted molar refractivity (Wildman–Crippen MR) is 78.8 cm³/mol. The molecule has 0 bridgehead atoms. The molecule has 106 valence electrons. The number of nitrogens with zero attached hydrogens (tertiary/aromatic N) is 3. The third kappa shape index (κ3) is 2.08. The van der Waals surface area contributed by atoms with Gasteiger partial charge in [0.15, 0.2) is 0 Å². The van der Waals surface area contributed by atoms with Crippen molar-refractivity contribution in [1.82, 2.24) is 19.5 Å². The largest absolute Gasteiger partial charge is 0.360 e. The smallest absolute Gasteiger partial charge is 0.229 e. The van der Waals surface area contributed by atoms with Gasteiger partial charge in [-0.25, -0.2) is 9.97 Å². The highest BCUT2D eigenvalue weighted by Crippen LogP contribution is 2.47. The van der Waals surface area contributed by atoms with E-state index in [1.165, 1.54) is 0 Å². The van der Waals surface area contributed by atoms with Gasteiger partial charge in [0, 0.05) is 42.4 Å². The lowest BCUT2D eigenvalue weighted by molar-refractivity contribution is -0.117. The summed E-state index contributed by atoms with van der Waals surface area (Å²) in [6, 6.07) is 3.84. The summed E-state index contributed by atoms with van der Waals surface area (Å²) >= 11 is 0. The summed E-state index contributed by atoms with van der Waals surface area (Å²) in [7, 11) is 1.96. The second-order valence-corrected chi connectivity index (χ2v) is 5.50. The van der Waals surface area contributed by atoms with Gasteiger partial charge in [-0.3, -0.25) is 4.79 Å². The number of aromatic amines is 1.